The quantitative estimate of drug-likeness (QED) is 0.400. The highest BCUT2D eigenvalue weighted by Crippen LogP contribution is 2.36. The summed E-state index contributed by atoms with van der Waals surface area (Å²) in [5.41, 5.74) is 1.81. The van der Waals surface area contributed by atoms with Crippen molar-refractivity contribution in [3.8, 4) is 17.0 Å². The largest absolute Gasteiger partial charge is 0.479 e. The number of aromatic nitrogens is 6. The lowest BCUT2D eigenvalue weighted by molar-refractivity contribution is -0.0705. The molecule has 0 unspecified atom stereocenters. The van der Waals surface area contributed by atoms with Gasteiger partial charge in [-0.15, -0.1) is 10.2 Å². The predicted octanol–water partition coefficient (Wildman–Crippen LogP) is 3.39. The summed E-state index contributed by atoms with van der Waals surface area (Å²) in [5, 5.41) is 15.7. The zero-order valence-corrected chi connectivity index (χ0v) is 20.4. The van der Waals surface area contributed by atoms with Crippen LogP contribution in [-0.4, -0.2) is 86.4 Å². The third-order valence-electron chi connectivity index (χ3n) is 7.26. The van der Waals surface area contributed by atoms with Crippen molar-refractivity contribution >= 4 is 22.5 Å². The monoisotopic (exact) mass is 516 g/mol. The number of piperidine rings is 1. The summed E-state index contributed by atoms with van der Waals surface area (Å²) in [5.74, 6) is 0.00834. The molecular formula is C24H27F3N8O2. The molecule has 2 fully saturated rings. The van der Waals surface area contributed by atoms with Crippen molar-refractivity contribution in [1.29, 1.82) is 0 Å². The van der Waals surface area contributed by atoms with E-state index < -0.39 is 18.3 Å². The van der Waals surface area contributed by atoms with Crippen LogP contribution in [-0.2, 0) is 4.74 Å². The van der Waals surface area contributed by atoms with Gasteiger partial charge in [-0.3, -0.25) is 4.90 Å². The Labute approximate surface area is 210 Å². The molecule has 5 heterocycles. The predicted molar refractivity (Wildman–Crippen MR) is 130 cm³/mol. The molecule has 1 N–H and O–H groups in total. The molecule has 0 bridgehead atoms. The fourth-order valence-corrected chi connectivity index (χ4v) is 5.02. The fraction of sp³-hybridized carbons (Fsp3) is 0.500. The SMILES string of the molecule is COc1nc(NC2CCN(C3COC3)CC2)nn2cc(F)c(-c3ccc4nnn([C@@H](C)C(F)F)c4c3)c12. The second-order valence-corrected chi connectivity index (χ2v) is 9.55. The normalized spacial score (nSPS) is 18.5. The lowest BCUT2D eigenvalue weighted by atomic mass is 10.0. The van der Waals surface area contributed by atoms with Gasteiger partial charge in [-0.05, 0) is 37.5 Å². The highest BCUT2D eigenvalue weighted by Gasteiger charge is 2.30. The van der Waals surface area contributed by atoms with Crippen molar-refractivity contribution in [3.63, 3.8) is 0 Å². The van der Waals surface area contributed by atoms with Gasteiger partial charge >= 0.3 is 0 Å². The molecule has 37 heavy (non-hydrogen) atoms. The minimum atomic E-state index is -2.63. The van der Waals surface area contributed by atoms with E-state index in [1.807, 2.05) is 0 Å². The summed E-state index contributed by atoms with van der Waals surface area (Å²) < 4.78 is 55.4. The number of hydrogen-bond acceptors (Lipinski definition) is 8. The topological polar surface area (TPSA) is 94.6 Å². The highest BCUT2D eigenvalue weighted by molar-refractivity contribution is 5.89. The summed E-state index contributed by atoms with van der Waals surface area (Å²) in [4.78, 5) is 6.97. The molecule has 6 rings (SSSR count). The van der Waals surface area contributed by atoms with Crippen molar-refractivity contribution in [2.75, 3.05) is 38.7 Å². The molecule has 0 saturated carbocycles. The number of fused-ring (bicyclic) bond motifs is 2. The van der Waals surface area contributed by atoms with Crippen molar-refractivity contribution in [2.45, 2.75) is 44.3 Å². The lowest BCUT2D eigenvalue weighted by Gasteiger charge is -2.41. The van der Waals surface area contributed by atoms with Crippen LogP contribution < -0.4 is 10.1 Å². The Balaban J connectivity index is 1.31. The smallest absolute Gasteiger partial charge is 0.260 e. The molecule has 4 aromatic rings. The first kappa shape index (κ1) is 23.9. The van der Waals surface area contributed by atoms with E-state index >= 15 is 4.39 Å². The highest BCUT2D eigenvalue weighted by atomic mass is 19.3. The van der Waals surface area contributed by atoms with Crippen molar-refractivity contribution in [1.82, 2.24) is 34.5 Å². The van der Waals surface area contributed by atoms with Crippen LogP contribution in [0.25, 0.3) is 27.7 Å². The van der Waals surface area contributed by atoms with E-state index in [0.29, 0.717) is 34.1 Å². The maximum Gasteiger partial charge on any atom is 0.260 e. The Morgan fingerprint density at radius 1 is 1.19 bits per heavy atom. The molecule has 0 amide bonds. The standard InChI is InChI=1S/C24H27F3N8O2/c1-13(22(26)27)35-19-9-14(3-4-18(19)30-32-35)20-17(25)10-34-21(20)23(36-2)29-24(31-34)28-15-5-7-33(8-6-15)16-11-37-12-16/h3-4,9-10,13,15-16,22H,5-8,11-12H2,1-2H3,(H,28,31)/t13-/m0/s1. The van der Waals surface area contributed by atoms with Crippen LogP contribution in [0.2, 0.25) is 0 Å². The molecule has 2 saturated heterocycles. The van der Waals surface area contributed by atoms with Gasteiger partial charge < -0.3 is 14.8 Å². The van der Waals surface area contributed by atoms with E-state index in [1.54, 1.807) is 18.2 Å². The number of hydrogen-bond donors (Lipinski definition) is 1. The Hall–Kier alpha value is -3.45. The van der Waals surface area contributed by atoms with E-state index in [9.17, 15) is 8.78 Å². The van der Waals surface area contributed by atoms with Gasteiger partial charge in [0.05, 0.1) is 43.6 Å². The number of halogens is 3. The summed E-state index contributed by atoms with van der Waals surface area (Å²) in [6.45, 7) is 4.88. The van der Waals surface area contributed by atoms with Crippen LogP contribution >= 0.6 is 0 Å². The molecule has 0 aliphatic carbocycles. The second-order valence-electron chi connectivity index (χ2n) is 9.55. The third-order valence-corrected chi connectivity index (χ3v) is 7.26. The van der Waals surface area contributed by atoms with Gasteiger partial charge in [-0.2, -0.15) is 4.98 Å². The van der Waals surface area contributed by atoms with Crippen molar-refractivity contribution < 1.29 is 22.6 Å². The van der Waals surface area contributed by atoms with E-state index in [2.05, 4.69) is 30.6 Å². The summed E-state index contributed by atoms with van der Waals surface area (Å²) in [6.07, 6.45) is 0.509. The van der Waals surface area contributed by atoms with Crippen molar-refractivity contribution in [3.05, 3.63) is 30.2 Å². The molecule has 10 nitrogen and oxygen atoms in total. The van der Waals surface area contributed by atoms with Crippen LogP contribution in [0, 0.1) is 5.82 Å². The van der Waals surface area contributed by atoms with Gasteiger partial charge in [-0.25, -0.2) is 22.4 Å². The Morgan fingerprint density at radius 2 is 1.97 bits per heavy atom. The van der Waals surface area contributed by atoms with Gasteiger partial charge in [0, 0.05) is 19.1 Å². The molecule has 2 aliphatic heterocycles. The Morgan fingerprint density at radius 3 is 2.65 bits per heavy atom. The van der Waals surface area contributed by atoms with E-state index in [1.165, 1.54) is 24.7 Å². The zero-order chi connectivity index (χ0) is 25.7. The van der Waals surface area contributed by atoms with Gasteiger partial charge in [0.15, 0.2) is 5.82 Å². The molecule has 196 valence electrons. The maximum absolute atomic E-state index is 15.3. The average molecular weight is 517 g/mol. The Bertz CT molecular complexity index is 1430. The first-order valence-electron chi connectivity index (χ1n) is 12.3. The minimum Gasteiger partial charge on any atom is -0.479 e. The second kappa shape index (κ2) is 9.45. The number of likely N-dealkylation sites (tertiary alicyclic amines) is 1. The third kappa shape index (κ3) is 4.25. The summed E-state index contributed by atoms with van der Waals surface area (Å²) in [6, 6.07) is 4.41. The molecule has 0 spiro atoms. The van der Waals surface area contributed by atoms with Crippen molar-refractivity contribution in [2.24, 2.45) is 0 Å². The zero-order valence-electron chi connectivity index (χ0n) is 20.4. The first-order valence-corrected chi connectivity index (χ1v) is 12.3. The number of benzene rings is 1. The number of nitrogens with zero attached hydrogens (tertiary/aromatic N) is 7. The lowest BCUT2D eigenvalue weighted by Crippen LogP contribution is -2.53. The molecule has 13 heteroatoms. The molecule has 1 atom stereocenters. The van der Waals surface area contributed by atoms with Crippen LogP contribution in [0.15, 0.2) is 24.4 Å². The maximum atomic E-state index is 15.3. The van der Waals surface area contributed by atoms with Gasteiger partial charge in [0.1, 0.15) is 17.1 Å². The van der Waals surface area contributed by atoms with Gasteiger partial charge in [0.2, 0.25) is 11.8 Å². The number of alkyl halides is 2. The molecular weight excluding hydrogens is 489 g/mol. The molecule has 3 aromatic heterocycles. The van der Waals surface area contributed by atoms with Crippen LogP contribution in [0.1, 0.15) is 25.8 Å². The summed E-state index contributed by atoms with van der Waals surface area (Å²) >= 11 is 0. The van der Waals surface area contributed by atoms with Gasteiger partial charge in [0.25, 0.3) is 6.43 Å². The molecule has 2 aliphatic rings. The summed E-state index contributed by atoms with van der Waals surface area (Å²) in [7, 11) is 1.46. The van der Waals surface area contributed by atoms with Crippen LogP contribution in [0.5, 0.6) is 5.88 Å². The number of rotatable bonds is 7. The number of methoxy groups -OCH3 is 1. The van der Waals surface area contributed by atoms with E-state index in [0.717, 1.165) is 43.8 Å². The first-order chi connectivity index (χ1) is 17.9. The fourth-order valence-electron chi connectivity index (χ4n) is 5.02. The number of ether oxygens (including phenoxy) is 2. The van der Waals surface area contributed by atoms with E-state index in [-0.39, 0.29) is 17.5 Å². The molecule has 1 aromatic carbocycles. The Kier molecular flexibility index (Phi) is 6.11. The van der Waals surface area contributed by atoms with Crippen LogP contribution in [0.4, 0.5) is 19.1 Å². The number of nitrogens with one attached hydrogen (secondary N) is 1. The van der Waals surface area contributed by atoms with E-state index in [4.69, 9.17) is 9.47 Å². The van der Waals surface area contributed by atoms with Gasteiger partial charge in [-0.1, -0.05) is 11.3 Å². The minimum absolute atomic E-state index is 0.186. The average Bonchev–Trinajstić information content (AvgIpc) is 3.42. The molecule has 0 radical (unpaired) electrons. The number of anilines is 1. The van der Waals surface area contributed by atoms with Crippen LogP contribution in [0.3, 0.4) is 0 Å².